The van der Waals surface area contributed by atoms with E-state index in [1.54, 1.807) is 35.0 Å². The maximum Gasteiger partial charge on any atom is 1.00 e. The Hall–Kier alpha value is -0.854. The second kappa shape index (κ2) is 42.4. The summed E-state index contributed by atoms with van der Waals surface area (Å²) < 4.78 is 10.9. The van der Waals surface area contributed by atoms with Gasteiger partial charge in [0.05, 0.1) is 13.4 Å². The van der Waals surface area contributed by atoms with Gasteiger partial charge in [-0.1, -0.05) is 180 Å². The summed E-state index contributed by atoms with van der Waals surface area (Å²) in [7, 11) is 1.78. The molecule has 0 saturated carbocycles. The van der Waals surface area contributed by atoms with Crippen molar-refractivity contribution in [2.75, 3.05) is 20.6 Å². The smallest absolute Gasteiger partial charge is 1.00 e. The molecule has 330 valence electrons. The van der Waals surface area contributed by atoms with Crippen molar-refractivity contribution < 1.29 is 83.2 Å². The monoisotopic (exact) mass is 879 g/mol. The van der Waals surface area contributed by atoms with Gasteiger partial charge in [0.2, 0.25) is 0 Å². The molecule has 3 aromatic carbocycles. The topological polar surface area (TPSA) is 58.6 Å². The number of rotatable bonds is 26. The van der Waals surface area contributed by atoms with Crippen LogP contribution < -0.4 is 84.8 Å². The van der Waals surface area contributed by atoms with Crippen LogP contribution in [0.3, 0.4) is 0 Å². The first-order valence-electron chi connectivity index (χ1n) is 22.5. The summed E-state index contributed by atoms with van der Waals surface area (Å²) in [4.78, 5) is 11.4. The molecule has 3 rings (SSSR count). The molecule has 0 heterocycles. The van der Waals surface area contributed by atoms with Crippen molar-refractivity contribution in [3.63, 3.8) is 0 Å². The summed E-state index contributed by atoms with van der Waals surface area (Å²) in [5, 5.41) is 14.2. The number of carbonyl (C=O) groups excluding carboxylic acids is 1. The van der Waals surface area contributed by atoms with Crippen LogP contribution in [-0.4, -0.2) is 32.0 Å². The molecule has 0 amide bonds. The molecule has 4 nitrogen and oxygen atoms in total. The third-order valence-electron chi connectivity index (χ3n) is 9.52. The summed E-state index contributed by atoms with van der Waals surface area (Å²) in [5.74, 6) is 0.484. The number of unbranched alkanes of at least 4 members (excludes halogenated alkanes) is 12. The van der Waals surface area contributed by atoms with Gasteiger partial charge in [0.25, 0.3) is 0 Å². The molecular weight excluding hydrogens is 794 g/mol. The zero-order valence-corrected chi connectivity index (χ0v) is 44.3. The van der Waals surface area contributed by atoms with E-state index in [1.165, 1.54) is 124 Å². The van der Waals surface area contributed by atoms with Gasteiger partial charge in [-0.3, -0.25) is 4.79 Å². The van der Waals surface area contributed by atoms with Crippen LogP contribution in [0.15, 0.2) is 103 Å². The standard InChI is InChI=1S/C20H20OP.C15H30O.C13H26O.C4H9O.ClH.K/c1-21-17-22(18-11-5-2-6-12-18,19-13-7-3-8-14-19)20-15-9-4-10-16-20;1-4-6-8-10-12-15(14-16-3)13-11-9-7-5-2;1-3-5-7-9-11-13(14)12-10-8-6-4-2;1-4(2,3)5;;/h2-16H,17H2,1H3;14H,4-13H2,1-3H3;3-12H2,1-2H3;1-3H3;1H;/q+1;;;-1;;+1/p-1. The number of methoxy groups -OCH3 is 2. The normalized spacial score (nSPS) is 10.5. The van der Waals surface area contributed by atoms with Gasteiger partial charge in [0.1, 0.15) is 29.0 Å². The molecule has 0 bridgehead atoms. The fourth-order valence-electron chi connectivity index (χ4n) is 6.50. The van der Waals surface area contributed by atoms with Gasteiger partial charge in [0.15, 0.2) is 6.35 Å². The third kappa shape index (κ3) is 33.4. The van der Waals surface area contributed by atoms with E-state index < -0.39 is 12.9 Å². The quantitative estimate of drug-likeness (QED) is 0.0360. The van der Waals surface area contributed by atoms with Crippen LogP contribution in [0.2, 0.25) is 0 Å². The van der Waals surface area contributed by atoms with E-state index >= 15 is 0 Å². The SMILES string of the molecule is CC(C)(C)[O-].CCCCCCC(=COC)CCCCCC.CCCCCCC(=O)CCCCCC.COC[P+](c1ccccc1)(c1ccccc1)c1ccccc1.[Cl-].[K+]. The Bertz CT molecular complexity index is 1220. The predicted molar refractivity (Wildman–Crippen MR) is 252 cm³/mol. The van der Waals surface area contributed by atoms with Crippen molar-refractivity contribution in [2.24, 2.45) is 0 Å². The largest absolute Gasteiger partial charge is 1.00 e. The molecule has 3 aromatic rings. The van der Waals surface area contributed by atoms with Crippen molar-refractivity contribution >= 4 is 29.0 Å². The number of carbonyl (C=O) groups is 1. The molecule has 0 saturated heterocycles. The van der Waals surface area contributed by atoms with Crippen molar-refractivity contribution in [3.05, 3.63) is 103 Å². The Morgan fingerprint density at radius 1 is 0.542 bits per heavy atom. The van der Waals surface area contributed by atoms with Gasteiger partial charge in [0, 0.05) is 20.0 Å². The first-order valence-corrected chi connectivity index (χ1v) is 24.5. The van der Waals surface area contributed by atoms with Crippen molar-refractivity contribution in [1.82, 2.24) is 0 Å². The molecule has 0 aromatic heterocycles. The summed E-state index contributed by atoms with van der Waals surface area (Å²) in [6.07, 6.45) is 27.3. The van der Waals surface area contributed by atoms with Gasteiger partial charge in [-0.2, -0.15) is 0 Å². The summed E-state index contributed by atoms with van der Waals surface area (Å²) in [6.45, 7) is 13.8. The first-order chi connectivity index (χ1) is 27.5. The zero-order valence-electron chi connectivity index (χ0n) is 39.5. The van der Waals surface area contributed by atoms with Gasteiger partial charge >= 0.3 is 51.4 Å². The molecule has 0 N–H and O–H groups in total. The molecule has 59 heavy (non-hydrogen) atoms. The number of Topliss-reactive ketones (excluding diaryl/α,β-unsaturated/α-hetero) is 1. The van der Waals surface area contributed by atoms with E-state index in [4.69, 9.17) is 9.47 Å². The van der Waals surface area contributed by atoms with Crippen LogP contribution in [-0.2, 0) is 14.3 Å². The van der Waals surface area contributed by atoms with Crippen molar-refractivity contribution in [3.8, 4) is 0 Å². The molecular formula is C52H85ClKO4P. The first kappa shape index (κ1) is 62.4. The van der Waals surface area contributed by atoms with Crippen molar-refractivity contribution in [1.29, 1.82) is 0 Å². The fraction of sp³-hybridized carbons (Fsp3) is 0.596. The zero-order chi connectivity index (χ0) is 42.5. The van der Waals surface area contributed by atoms with Crippen LogP contribution in [0.1, 0.15) is 177 Å². The summed E-state index contributed by atoms with van der Waals surface area (Å²) in [5.41, 5.74) is 0.759. The molecule has 0 unspecified atom stereocenters. The second-order valence-corrected chi connectivity index (χ2v) is 19.6. The van der Waals surface area contributed by atoms with Crippen LogP contribution in [0.4, 0.5) is 0 Å². The summed E-state index contributed by atoms with van der Waals surface area (Å²) in [6, 6.07) is 32.3. The molecule has 0 spiro atoms. The fourth-order valence-corrected chi connectivity index (χ4v) is 10.3. The van der Waals surface area contributed by atoms with Gasteiger partial charge in [-0.25, -0.2) is 0 Å². The van der Waals surface area contributed by atoms with E-state index in [9.17, 15) is 9.90 Å². The summed E-state index contributed by atoms with van der Waals surface area (Å²) >= 11 is 0. The van der Waals surface area contributed by atoms with Crippen LogP contribution in [0.25, 0.3) is 0 Å². The van der Waals surface area contributed by atoms with E-state index in [2.05, 4.69) is 119 Å². The maximum absolute atomic E-state index is 11.4. The van der Waals surface area contributed by atoms with Crippen molar-refractivity contribution in [2.45, 2.75) is 182 Å². The number of hydrogen-bond acceptors (Lipinski definition) is 4. The third-order valence-corrected chi connectivity index (χ3v) is 13.7. The minimum atomic E-state index is -1.78. The molecule has 0 aliphatic rings. The van der Waals surface area contributed by atoms with Crippen LogP contribution in [0, 0.1) is 0 Å². The molecule has 0 atom stereocenters. The minimum Gasteiger partial charge on any atom is -1.00 e. The Kier molecular flexibility index (Phi) is 44.9. The van der Waals surface area contributed by atoms with E-state index in [-0.39, 0.29) is 63.8 Å². The Morgan fingerprint density at radius 2 is 0.831 bits per heavy atom. The molecule has 0 radical (unpaired) electrons. The van der Waals surface area contributed by atoms with E-state index in [0.717, 1.165) is 25.7 Å². The minimum absolute atomic E-state index is 0. The van der Waals surface area contributed by atoms with E-state index in [0.29, 0.717) is 12.1 Å². The number of allylic oxidation sites excluding steroid dienone is 1. The second-order valence-electron chi connectivity index (χ2n) is 16.1. The Labute approximate surface area is 414 Å². The molecule has 0 fully saturated rings. The molecule has 0 aliphatic heterocycles. The number of hydrogen-bond donors (Lipinski definition) is 0. The van der Waals surface area contributed by atoms with Crippen LogP contribution in [0.5, 0.6) is 0 Å². The maximum atomic E-state index is 11.4. The van der Waals surface area contributed by atoms with E-state index in [1.807, 2.05) is 6.26 Å². The number of benzene rings is 3. The molecule has 0 aliphatic carbocycles. The number of ketones is 1. The van der Waals surface area contributed by atoms with Crippen LogP contribution >= 0.6 is 7.26 Å². The van der Waals surface area contributed by atoms with Gasteiger partial charge in [-0.15, -0.1) is 5.60 Å². The number of ether oxygens (including phenoxy) is 2. The van der Waals surface area contributed by atoms with Gasteiger partial charge < -0.3 is 27.0 Å². The predicted octanol–water partition coefficient (Wildman–Crippen LogP) is 7.69. The average Bonchev–Trinajstić information content (AvgIpc) is 3.21. The average molecular weight is 880 g/mol. The number of halogens is 1. The Balaban J connectivity index is -0.000000762. The molecule has 7 heteroatoms. The Morgan fingerprint density at radius 3 is 1.08 bits per heavy atom. The van der Waals surface area contributed by atoms with Gasteiger partial charge in [-0.05, 0) is 80.5 Å².